The van der Waals surface area contributed by atoms with Gasteiger partial charge in [-0.2, -0.15) is 5.10 Å². The maximum absolute atomic E-state index is 12.1. The first-order valence-corrected chi connectivity index (χ1v) is 8.36. The van der Waals surface area contributed by atoms with Crippen molar-refractivity contribution >= 4 is 29.1 Å². The van der Waals surface area contributed by atoms with Crippen LogP contribution in [0.4, 0.5) is 0 Å². The Labute approximate surface area is 155 Å². The van der Waals surface area contributed by atoms with Gasteiger partial charge in [-0.1, -0.05) is 35.3 Å². The summed E-state index contributed by atoms with van der Waals surface area (Å²) < 4.78 is 7.09. The lowest BCUT2D eigenvalue weighted by Gasteiger charge is -2.07. The Kier molecular flexibility index (Phi) is 5.58. The molecule has 1 heterocycles. The van der Waals surface area contributed by atoms with E-state index < -0.39 is 0 Å². The zero-order valence-corrected chi connectivity index (χ0v) is 14.7. The standard InChI is InChI=1S/C18H15Cl2N3O2/c19-13-5-7-14(8-6-13)25-12-10-21-18(24)16-9-11-23(22-16)17-4-2-1-3-15(17)20/h1-9,11H,10,12H2,(H,21,24). The van der Waals surface area contributed by atoms with E-state index in [2.05, 4.69) is 10.4 Å². The Balaban J connectivity index is 1.52. The normalized spacial score (nSPS) is 10.5. The zero-order valence-electron chi connectivity index (χ0n) is 13.2. The summed E-state index contributed by atoms with van der Waals surface area (Å²) in [6, 6.07) is 16.0. The van der Waals surface area contributed by atoms with Gasteiger partial charge in [0.25, 0.3) is 5.91 Å². The van der Waals surface area contributed by atoms with Crippen LogP contribution in [-0.2, 0) is 0 Å². The number of hydrogen-bond acceptors (Lipinski definition) is 3. The van der Waals surface area contributed by atoms with E-state index in [1.807, 2.05) is 18.2 Å². The average molecular weight is 376 g/mol. The molecule has 25 heavy (non-hydrogen) atoms. The lowest BCUT2D eigenvalue weighted by Crippen LogP contribution is -2.28. The lowest BCUT2D eigenvalue weighted by molar-refractivity contribution is 0.0941. The molecule has 0 saturated carbocycles. The number of nitrogens with one attached hydrogen (secondary N) is 1. The van der Waals surface area contributed by atoms with E-state index in [4.69, 9.17) is 27.9 Å². The molecule has 0 aliphatic heterocycles. The minimum absolute atomic E-state index is 0.273. The highest BCUT2D eigenvalue weighted by Crippen LogP contribution is 2.19. The maximum Gasteiger partial charge on any atom is 0.271 e. The van der Waals surface area contributed by atoms with Gasteiger partial charge < -0.3 is 10.1 Å². The molecule has 0 saturated heterocycles. The average Bonchev–Trinajstić information content (AvgIpc) is 3.10. The number of ether oxygens (including phenoxy) is 1. The molecule has 3 aromatic rings. The summed E-state index contributed by atoms with van der Waals surface area (Å²) >= 11 is 11.9. The number of amides is 1. The van der Waals surface area contributed by atoms with E-state index in [0.29, 0.717) is 40.3 Å². The molecule has 2 aromatic carbocycles. The van der Waals surface area contributed by atoms with E-state index in [0.717, 1.165) is 0 Å². The Hall–Kier alpha value is -2.50. The molecular formula is C18H15Cl2N3O2. The number of aromatic nitrogens is 2. The molecule has 1 aromatic heterocycles. The van der Waals surface area contributed by atoms with Crippen molar-refractivity contribution in [3.63, 3.8) is 0 Å². The van der Waals surface area contributed by atoms with Gasteiger partial charge in [-0.25, -0.2) is 4.68 Å². The topological polar surface area (TPSA) is 56.1 Å². The van der Waals surface area contributed by atoms with Gasteiger partial charge in [-0.3, -0.25) is 4.79 Å². The van der Waals surface area contributed by atoms with Crippen LogP contribution in [0.3, 0.4) is 0 Å². The summed E-state index contributed by atoms with van der Waals surface area (Å²) in [5.41, 5.74) is 1.03. The number of benzene rings is 2. The zero-order chi connectivity index (χ0) is 17.6. The molecule has 7 heteroatoms. The molecule has 128 valence electrons. The Bertz CT molecular complexity index is 863. The molecule has 0 unspecified atom stereocenters. The van der Waals surface area contributed by atoms with Crippen LogP contribution in [0.25, 0.3) is 5.69 Å². The van der Waals surface area contributed by atoms with E-state index in [-0.39, 0.29) is 5.91 Å². The van der Waals surface area contributed by atoms with Crippen LogP contribution < -0.4 is 10.1 Å². The SMILES string of the molecule is O=C(NCCOc1ccc(Cl)cc1)c1ccn(-c2ccccc2Cl)n1. The van der Waals surface area contributed by atoms with Crippen LogP contribution in [0.1, 0.15) is 10.5 Å². The third kappa shape index (κ3) is 4.53. The molecule has 0 spiro atoms. The number of hydrogen-bond donors (Lipinski definition) is 1. The molecular weight excluding hydrogens is 361 g/mol. The van der Waals surface area contributed by atoms with Crippen molar-refractivity contribution in [2.75, 3.05) is 13.2 Å². The van der Waals surface area contributed by atoms with Gasteiger partial charge in [-0.15, -0.1) is 0 Å². The third-order valence-corrected chi connectivity index (χ3v) is 3.96. The molecule has 0 fully saturated rings. The van der Waals surface area contributed by atoms with Crippen molar-refractivity contribution in [1.29, 1.82) is 0 Å². The van der Waals surface area contributed by atoms with Crippen LogP contribution in [0.15, 0.2) is 60.8 Å². The predicted octanol–water partition coefficient (Wildman–Crippen LogP) is 3.99. The fourth-order valence-corrected chi connectivity index (χ4v) is 2.52. The smallest absolute Gasteiger partial charge is 0.271 e. The first-order chi connectivity index (χ1) is 12.1. The van der Waals surface area contributed by atoms with Crippen molar-refractivity contribution in [2.45, 2.75) is 0 Å². The summed E-state index contributed by atoms with van der Waals surface area (Å²) in [6.45, 7) is 0.707. The Morgan fingerprint density at radius 1 is 1.08 bits per heavy atom. The van der Waals surface area contributed by atoms with E-state index >= 15 is 0 Å². The number of carbonyl (C=O) groups is 1. The summed E-state index contributed by atoms with van der Waals surface area (Å²) in [7, 11) is 0. The molecule has 0 aliphatic rings. The molecule has 0 radical (unpaired) electrons. The van der Waals surface area contributed by atoms with Crippen LogP contribution >= 0.6 is 23.2 Å². The second kappa shape index (κ2) is 8.05. The quantitative estimate of drug-likeness (QED) is 0.662. The maximum atomic E-state index is 12.1. The van der Waals surface area contributed by atoms with Crippen molar-refractivity contribution in [1.82, 2.24) is 15.1 Å². The number of halogens is 2. The van der Waals surface area contributed by atoms with E-state index in [1.54, 1.807) is 47.3 Å². The fraction of sp³-hybridized carbons (Fsp3) is 0.111. The third-order valence-electron chi connectivity index (χ3n) is 3.39. The molecule has 5 nitrogen and oxygen atoms in total. The summed E-state index contributed by atoms with van der Waals surface area (Å²) in [4.78, 5) is 12.1. The largest absolute Gasteiger partial charge is 0.492 e. The minimum atomic E-state index is -0.273. The van der Waals surface area contributed by atoms with Gasteiger partial charge in [0, 0.05) is 11.2 Å². The first-order valence-electron chi connectivity index (χ1n) is 7.60. The van der Waals surface area contributed by atoms with Gasteiger partial charge >= 0.3 is 0 Å². The van der Waals surface area contributed by atoms with Crippen molar-refractivity contribution < 1.29 is 9.53 Å². The number of carbonyl (C=O) groups excluding carboxylic acids is 1. The molecule has 0 aliphatic carbocycles. The highest BCUT2D eigenvalue weighted by Gasteiger charge is 2.11. The highest BCUT2D eigenvalue weighted by atomic mass is 35.5. The summed E-state index contributed by atoms with van der Waals surface area (Å²) in [6.07, 6.45) is 1.69. The number of rotatable bonds is 6. The first kappa shape index (κ1) is 17.3. The Morgan fingerprint density at radius 2 is 1.84 bits per heavy atom. The number of para-hydroxylation sites is 1. The van der Waals surface area contributed by atoms with Crippen LogP contribution in [0.2, 0.25) is 10.0 Å². The van der Waals surface area contributed by atoms with Crippen molar-refractivity contribution in [3.8, 4) is 11.4 Å². The molecule has 3 rings (SSSR count). The minimum Gasteiger partial charge on any atom is -0.492 e. The predicted molar refractivity (Wildman–Crippen MR) is 97.9 cm³/mol. The van der Waals surface area contributed by atoms with Crippen molar-refractivity contribution in [2.24, 2.45) is 0 Å². The Morgan fingerprint density at radius 3 is 2.60 bits per heavy atom. The van der Waals surface area contributed by atoms with Gasteiger partial charge in [0.1, 0.15) is 12.4 Å². The van der Waals surface area contributed by atoms with Gasteiger partial charge in [-0.05, 0) is 42.5 Å². The van der Waals surface area contributed by atoms with Crippen molar-refractivity contribution in [3.05, 3.63) is 76.5 Å². The molecule has 0 bridgehead atoms. The van der Waals surface area contributed by atoms with Gasteiger partial charge in [0.05, 0.1) is 17.3 Å². The van der Waals surface area contributed by atoms with Gasteiger partial charge in [0.15, 0.2) is 5.69 Å². The molecule has 1 N–H and O–H groups in total. The monoisotopic (exact) mass is 375 g/mol. The summed E-state index contributed by atoms with van der Waals surface area (Å²) in [5, 5.41) is 8.23. The van der Waals surface area contributed by atoms with Crippen LogP contribution in [0, 0.1) is 0 Å². The number of nitrogens with zero attached hydrogens (tertiary/aromatic N) is 2. The summed E-state index contributed by atoms with van der Waals surface area (Å²) in [5.74, 6) is 0.423. The lowest BCUT2D eigenvalue weighted by atomic mass is 10.3. The van der Waals surface area contributed by atoms with Gasteiger partial charge in [0.2, 0.25) is 0 Å². The van der Waals surface area contributed by atoms with Crippen LogP contribution in [0.5, 0.6) is 5.75 Å². The highest BCUT2D eigenvalue weighted by molar-refractivity contribution is 6.32. The second-order valence-corrected chi connectivity index (χ2v) is 6.00. The van der Waals surface area contributed by atoms with E-state index in [1.165, 1.54) is 0 Å². The fourth-order valence-electron chi connectivity index (χ4n) is 2.17. The molecule has 0 atom stereocenters. The van der Waals surface area contributed by atoms with Crippen LogP contribution in [-0.4, -0.2) is 28.8 Å². The molecule has 1 amide bonds. The second-order valence-electron chi connectivity index (χ2n) is 5.16. The van der Waals surface area contributed by atoms with E-state index in [9.17, 15) is 4.79 Å².